The van der Waals surface area contributed by atoms with Gasteiger partial charge in [-0.25, -0.2) is 4.98 Å². The molecule has 10 heteroatoms. The zero-order valence-corrected chi connectivity index (χ0v) is 23.7. The number of aromatic nitrogens is 2. The molecule has 2 fully saturated rings. The summed E-state index contributed by atoms with van der Waals surface area (Å²) in [7, 11) is 1.82. The summed E-state index contributed by atoms with van der Waals surface area (Å²) in [6.07, 6.45) is 5.02. The molecule has 4 aliphatic rings. The zero-order valence-electron chi connectivity index (χ0n) is 22.9. The van der Waals surface area contributed by atoms with Gasteiger partial charge < -0.3 is 19.3 Å². The number of hydrogen-bond acceptors (Lipinski definition) is 7. The number of H-pyrrole nitrogens is 1. The van der Waals surface area contributed by atoms with E-state index >= 15 is 0 Å². The van der Waals surface area contributed by atoms with Crippen molar-refractivity contribution in [2.45, 2.75) is 56.8 Å². The molecular weight excluding hydrogens is 518 g/mol. The molecule has 1 aromatic carbocycles. The van der Waals surface area contributed by atoms with E-state index in [-0.39, 0.29) is 17.4 Å². The predicted molar refractivity (Wildman–Crippen MR) is 152 cm³/mol. The summed E-state index contributed by atoms with van der Waals surface area (Å²) < 4.78 is 11.5. The highest BCUT2D eigenvalue weighted by atomic mass is 35.5. The van der Waals surface area contributed by atoms with E-state index in [9.17, 15) is 9.59 Å². The minimum absolute atomic E-state index is 0.0237. The number of amides is 1. The number of morpholine rings is 1. The minimum Gasteiger partial charge on any atom is -0.493 e. The lowest BCUT2D eigenvalue weighted by Crippen LogP contribution is -2.49. The normalized spacial score (nSPS) is 22.7. The van der Waals surface area contributed by atoms with Gasteiger partial charge in [0.2, 0.25) is 11.9 Å². The standard InChI is InChI=1S/C29H38ClN5O4/c1-19-5-3-6-21-25(19)31-28(32-26(21)36)35-10-7-29(8-11-35)24-22(30)17-20(18-23(24)33(2)27(29)37)39-14-4-9-34-12-15-38-16-13-34/h17-19H,3-16H2,1-2H3,(H,31,32,36). The van der Waals surface area contributed by atoms with Crippen molar-refractivity contribution in [3.05, 3.63) is 44.3 Å². The number of fused-ring (bicyclic) bond motifs is 3. The van der Waals surface area contributed by atoms with Crippen LogP contribution >= 0.6 is 11.6 Å². The number of carbonyl (C=O) groups excluding carboxylic acids is 1. The lowest BCUT2D eigenvalue weighted by molar-refractivity contribution is -0.123. The molecule has 0 radical (unpaired) electrons. The Balaban J connectivity index is 1.16. The van der Waals surface area contributed by atoms with E-state index in [0.29, 0.717) is 49.3 Å². The summed E-state index contributed by atoms with van der Waals surface area (Å²) in [5.41, 5.74) is 2.80. The van der Waals surface area contributed by atoms with Crippen molar-refractivity contribution in [1.29, 1.82) is 0 Å². The summed E-state index contributed by atoms with van der Waals surface area (Å²) in [5, 5.41) is 0.580. The maximum absolute atomic E-state index is 13.7. The van der Waals surface area contributed by atoms with E-state index in [2.05, 4.69) is 21.7 Å². The highest BCUT2D eigenvalue weighted by Crippen LogP contribution is 2.52. The van der Waals surface area contributed by atoms with Crippen LogP contribution in [0, 0.1) is 0 Å². The molecule has 0 bridgehead atoms. The molecule has 1 unspecified atom stereocenters. The molecule has 1 spiro atoms. The Bertz CT molecular complexity index is 1300. The second kappa shape index (κ2) is 10.7. The lowest BCUT2D eigenvalue weighted by atomic mass is 9.73. The van der Waals surface area contributed by atoms with Gasteiger partial charge in [-0.3, -0.25) is 19.5 Å². The molecule has 1 aromatic heterocycles. The molecule has 3 aliphatic heterocycles. The average Bonchev–Trinajstić information content (AvgIpc) is 3.14. The van der Waals surface area contributed by atoms with Gasteiger partial charge in [-0.05, 0) is 50.5 Å². The molecular formula is C29H38ClN5O4. The maximum Gasteiger partial charge on any atom is 0.255 e. The number of benzene rings is 1. The van der Waals surface area contributed by atoms with E-state index in [1.165, 1.54) is 0 Å². The van der Waals surface area contributed by atoms with Gasteiger partial charge in [0.05, 0.1) is 41.6 Å². The smallest absolute Gasteiger partial charge is 0.255 e. The Morgan fingerprint density at radius 2 is 1.95 bits per heavy atom. The molecule has 4 heterocycles. The number of piperidine rings is 1. The number of nitrogens with one attached hydrogen (secondary N) is 1. The molecule has 39 heavy (non-hydrogen) atoms. The van der Waals surface area contributed by atoms with Crippen LogP contribution in [-0.4, -0.2) is 80.4 Å². The molecule has 2 aromatic rings. The topological polar surface area (TPSA) is 91.0 Å². The van der Waals surface area contributed by atoms with Crippen LogP contribution in [0.5, 0.6) is 5.75 Å². The second-order valence-corrected chi connectivity index (χ2v) is 11.8. The Morgan fingerprint density at radius 1 is 1.18 bits per heavy atom. The van der Waals surface area contributed by atoms with Gasteiger partial charge in [0.25, 0.3) is 5.56 Å². The zero-order chi connectivity index (χ0) is 27.1. The fourth-order valence-corrected chi connectivity index (χ4v) is 7.20. The predicted octanol–water partition coefficient (Wildman–Crippen LogP) is 3.48. The Labute approximate surface area is 234 Å². The number of ether oxygens (including phenoxy) is 2. The number of carbonyl (C=O) groups is 1. The van der Waals surface area contributed by atoms with E-state index in [1.54, 1.807) is 4.90 Å². The first-order chi connectivity index (χ1) is 18.9. The maximum atomic E-state index is 13.7. The Morgan fingerprint density at radius 3 is 2.72 bits per heavy atom. The van der Waals surface area contributed by atoms with Crippen molar-refractivity contribution < 1.29 is 14.3 Å². The average molecular weight is 556 g/mol. The molecule has 9 nitrogen and oxygen atoms in total. The quantitative estimate of drug-likeness (QED) is 0.546. The Hall–Kier alpha value is -2.62. The van der Waals surface area contributed by atoms with Gasteiger partial charge >= 0.3 is 0 Å². The van der Waals surface area contributed by atoms with E-state index in [1.807, 2.05) is 19.2 Å². The van der Waals surface area contributed by atoms with Crippen molar-refractivity contribution in [1.82, 2.24) is 14.9 Å². The monoisotopic (exact) mass is 555 g/mol. The number of hydrogen-bond donors (Lipinski definition) is 1. The number of anilines is 2. The number of halogens is 1. The van der Waals surface area contributed by atoms with Crippen LogP contribution < -0.4 is 20.1 Å². The van der Waals surface area contributed by atoms with Crippen LogP contribution in [0.2, 0.25) is 5.02 Å². The molecule has 1 N–H and O–H groups in total. The third-order valence-electron chi connectivity index (χ3n) is 9.07. The third kappa shape index (κ3) is 4.83. The van der Waals surface area contributed by atoms with Gasteiger partial charge in [-0.2, -0.15) is 0 Å². The summed E-state index contributed by atoms with van der Waals surface area (Å²) in [4.78, 5) is 40.6. The van der Waals surface area contributed by atoms with Crippen molar-refractivity contribution in [2.24, 2.45) is 0 Å². The summed E-state index contributed by atoms with van der Waals surface area (Å²) in [6.45, 7) is 8.47. The number of rotatable bonds is 6. The molecule has 1 amide bonds. The van der Waals surface area contributed by atoms with E-state index in [4.69, 9.17) is 26.1 Å². The van der Waals surface area contributed by atoms with Crippen LogP contribution in [0.4, 0.5) is 11.6 Å². The summed E-state index contributed by atoms with van der Waals surface area (Å²) >= 11 is 6.88. The third-order valence-corrected chi connectivity index (χ3v) is 9.37. The van der Waals surface area contributed by atoms with Crippen LogP contribution in [0.25, 0.3) is 0 Å². The largest absolute Gasteiger partial charge is 0.493 e. The van der Waals surface area contributed by atoms with Crippen molar-refractivity contribution >= 4 is 29.1 Å². The Kier molecular flexibility index (Phi) is 7.33. The SMILES string of the molecule is CC1CCCc2c1nc(N1CCC3(CC1)C(=O)N(C)c1cc(OCCCN4CCOCC4)cc(Cl)c13)[nH]c2=O. The first kappa shape index (κ1) is 26.6. The minimum atomic E-state index is -0.672. The number of likely N-dealkylation sites (N-methyl/N-ethyl adjacent to an activating group) is 1. The lowest BCUT2D eigenvalue weighted by Gasteiger charge is -2.39. The van der Waals surface area contributed by atoms with Crippen LogP contribution in [-0.2, 0) is 21.4 Å². The summed E-state index contributed by atoms with van der Waals surface area (Å²) in [5.74, 6) is 1.68. The van der Waals surface area contributed by atoms with Gasteiger partial charge in [0, 0.05) is 57.0 Å². The first-order valence-corrected chi connectivity index (χ1v) is 14.7. The molecule has 2 saturated heterocycles. The fraction of sp³-hybridized carbons (Fsp3) is 0.621. The molecule has 1 aliphatic carbocycles. The van der Waals surface area contributed by atoms with Crippen molar-refractivity contribution in [3.8, 4) is 5.75 Å². The number of aromatic amines is 1. The van der Waals surface area contributed by atoms with Gasteiger partial charge in [-0.15, -0.1) is 0 Å². The first-order valence-electron chi connectivity index (χ1n) is 14.3. The van der Waals surface area contributed by atoms with Crippen molar-refractivity contribution in [3.63, 3.8) is 0 Å². The number of nitrogens with zero attached hydrogens (tertiary/aromatic N) is 4. The molecule has 0 saturated carbocycles. The van der Waals surface area contributed by atoms with Gasteiger partial charge in [-0.1, -0.05) is 18.5 Å². The highest BCUT2D eigenvalue weighted by Gasteiger charge is 2.52. The van der Waals surface area contributed by atoms with E-state index in [0.717, 1.165) is 81.0 Å². The van der Waals surface area contributed by atoms with Gasteiger partial charge in [0.1, 0.15) is 5.75 Å². The molecule has 1 atom stereocenters. The van der Waals surface area contributed by atoms with Crippen LogP contribution in [0.15, 0.2) is 16.9 Å². The van der Waals surface area contributed by atoms with Gasteiger partial charge in [0.15, 0.2) is 0 Å². The molecule has 6 rings (SSSR count). The van der Waals surface area contributed by atoms with E-state index < -0.39 is 5.41 Å². The van der Waals surface area contributed by atoms with Crippen LogP contribution in [0.1, 0.15) is 61.8 Å². The van der Waals surface area contributed by atoms with Crippen molar-refractivity contribution in [2.75, 3.05) is 69.4 Å². The van der Waals surface area contributed by atoms with Crippen LogP contribution in [0.3, 0.4) is 0 Å². The molecule has 210 valence electrons. The highest BCUT2D eigenvalue weighted by molar-refractivity contribution is 6.33. The summed E-state index contributed by atoms with van der Waals surface area (Å²) in [6, 6.07) is 3.82. The second-order valence-electron chi connectivity index (χ2n) is 11.4. The fourth-order valence-electron chi connectivity index (χ4n) is 6.82.